The largest absolute Gasteiger partial charge is 0.379 e. The molecule has 102 valence electrons. The van der Waals surface area contributed by atoms with E-state index in [1.165, 1.54) is 6.42 Å². The van der Waals surface area contributed by atoms with Crippen LogP contribution in [0.1, 0.15) is 32.1 Å². The van der Waals surface area contributed by atoms with Crippen molar-refractivity contribution in [2.45, 2.75) is 38.2 Å². The molecule has 2 aliphatic rings. The van der Waals surface area contributed by atoms with Crippen molar-refractivity contribution < 1.29 is 9.47 Å². The summed E-state index contributed by atoms with van der Waals surface area (Å²) in [5.74, 6) is 0.881. The highest BCUT2D eigenvalue weighted by atomic mass is 32.2. The Morgan fingerprint density at radius 1 is 1.39 bits per heavy atom. The molecule has 2 N–H and O–H groups in total. The Labute approximate surface area is 112 Å². The summed E-state index contributed by atoms with van der Waals surface area (Å²) in [5, 5.41) is 8.53. The summed E-state index contributed by atoms with van der Waals surface area (Å²) < 4.78 is 11.1. The van der Waals surface area contributed by atoms with E-state index in [9.17, 15) is 0 Å². The second-order valence-corrected chi connectivity index (χ2v) is 5.56. The van der Waals surface area contributed by atoms with Gasteiger partial charge < -0.3 is 15.2 Å². The number of nitrogens with two attached hydrogens (primary N) is 1. The van der Waals surface area contributed by atoms with Crippen LogP contribution in [-0.2, 0) is 9.47 Å². The van der Waals surface area contributed by atoms with Gasteiger partial charge in [-0.1, -0.05) is 11.8 Å². The predicted octanol–water partition coefficient (Wildman–Crippen LogP) is 1.77. The molecule has 1 fully saturated rings. The van der Waals surface area contributed by atoms with Crippen molar-refractivity contribution in [3.05, 3.63) is 0 Å². The highest BCUT2D eigenvalue weighted by molar-refractivity contribution is 8.14. The normalized spacial score (nSPS) is 23.9. The summed E-state index contributed by atoms with van der Waals surface area (Å²) in [5.41, 5.74) is 6.66. The lowest BCUT2D eigenvalue weighted by atomic mass is 10.2. The fraction of sp³-hybridized carbons (Fsp3) is 0.833. The highest BCUT2D eigenvalue weighted by Crippen LogP contribution is 2.13. The molecule has 2 heterocycles. The molecule has 0 bridgehead atoms. The van der Waals surface area contributed by atoms with Gasteiger partial charge in [0.1, 0.15) is 0 Å². The minimum atomic E-state index is 0.335. The van der Waals surface area contributed by atoms with Crippen molar-refractivity contribution in [1.29, 1.82) is 0 Å². The van der Waals surface area contributed by atoms with Crippen LogP contribution in [-0.4, -0.2) is 42.6 Å². The number of rotatable bonds is 7. The summed E-state index contributed by atoms with van der Waals surface area (Å²) in [6.07, 6.45) is 5.81. The lowest BCUT2D eigenvalue weighted by molar-refractivity contribution is 0.0163. The number of hydrogen-bond donors (Lipinski definition) is 1. The zero-order valence-electron chi connectivity index (χ0n) is 10.6. The topological polar surface area (TPSA) is 69.2 Å². The van der Waals surface area contributed by atoms with Crippen molar-refractivity contribution in [3.8, 4) is 0 Å². The van der Waals surface area contributed by atoms with E-state index < -0.39 is 0 Å². The molecule has 6 heteroatoms. The van der Waals surface area contributed by atoms with Crippen molar-refractivity contribution in [3.63, 3.8) is 0 Å². The molecule has 0 aromatic carbocycles. The van der Waals surface area contributed by atoms with Gasteiger partial charge in [-0.15, -0.1) is 5.10 Å². The van der Waals surface area contributed by atoms with E-state index in [1.54, 1.807) is 11.8 Å². The monoisotopic (exact) mass is 271 g/mol. The first kappa shape index (κ1) is 13.8. The molecule has 2 rings (SSSR count). The maximum absolute atomic E-state index is 5.61. The molecule has 2 aliphatic heterocycles. The van der Waals surface area contributed by atoms with Crippen molar-refractivity contribution in [2.24, 2.45) is 15.9 Å². The second-order valence-electron chi connectivity index (χ2n) is 4.56. The molecule has 0 amide bonds. The molecule has 18 heavy (non-hydrogen) atoms. The van der Waals surface area contributed by atoms with E-state index >= 15 is 0 Å². The van der Waals surface area contributed by atoms with Crippen LogP contribution in [0.25, 0.3) is 0 Å². The summed E-state index contributed by atoms with van der Waals surface area (Å²) in [6, 6.07) is 0. The first-order chi connectivity index (χ1) is 8.84. The maximum atomic E-state index is 5.61. The Balaban J connectivity index is 1.46. The average molecular weight is 271 g/mol. The molecule has 1 saturated heterocycles. The molecule has 0 saturated carbocycles. The van der Waals surface area contributed by atoms with Crippen LogP contribution in [0.5, 0.6) is 0 Å². The lowest BCUT2D eigenvalue weighted by Crippen LogP contribution is -2.16. The van der Waals surface area contributed by atoms with E-state index in [-0.39, 0.29) is 0 Å². The van der Waals surface area contributed by atoms with Crippen LogP contribution in [0.4, 0.5) is 0 Å². The zero-order valence-corrected chi connectivity index (χ0v) is 11.5. The molecule has 0 aliphatic carbocycles. The average Bonchev–Trinajstić information content (AvgIpc) is 2.89. The minimum Gasteiger partial charge on any atom is -0.379 e. The summed E-state index contributed by atoms with van der Waals surface area (Å²) in [4.78, 5) is 0. The third-order valence-electron chi connectivity index (χ3n) is 3.01. The maximum Gasteiger partial charge on any atom is 0.180 e. The molecule has 5 nitrogen and oxygen atoms in total. The Hall–Kier alpha value is -0.590. The van der Waals surface area contributed by atoms with Gasteiger partial charge in [-0.25, -0.2) is 0 Å². The molecule has 0 radical (unpaired) electrons. The highest BCUT2D eigenvalue weighted by Gasteiger charge is 2.15. The number of amidine groups is 1. The van der Waals surface area contributed by atoms with Crippen molar-refractivity contribution in [1.82, 2.24) is 0 Å². The Morgan fingerprint density at radius 2 is 2.33 bits per heavy atom. The summed E-state index contributed by atoms with van der Waals surface area (Å²) in [7, 11) is 0. The Bertz CT molecular complexity index is 314. The van der Waals surface area contributed by atoms with Gasteiger partial charge >= 0.3 is 0 Å². The number of thioether (sulfide) groups is 1. The van der Waals surface area contributed by atoms with E-state index in [1.807, 2.05) is 0 Å². The van der Waals surface area contributed by atoms with E-state index in [2.05, 4.69) is 10.2 Å². The predicted molar refractivity (Wildman–Crippen MR) is 75.2 cm³/mol. The van der Waals surface area contributed by atoms with E-state index in [0.717, 1.165) is 57.0 Å². The van der Waals surface area contributed by atoms with Gasteiger partial charge in [0, 0.05) is 19.0 Å². The van der Waals surface area contributed by atoms with Crippen LogP contribution in [0.15, 0.2) is 10.2 Å². The summed E-state index contributed by atoms with van der Waals surface area (Å²) in [6.45, 7) is 2.46. The number of ether oxygens (including phenoxy) is 2. The number of unbranched alkanes of at least 4 members (excludes halogenated alkanes) is 1. The number of nitrogens with zero attached hydrogens (tertiary/aromatic N) is 2. The quantitative estimate of drug-likeness (QED) is 0.716. The minimum absolute atomic E-state index is 0.335. The molecule has 0 aromatic heterocycles. The molecule has 0 spiro atoms. The second kappa shape index (κ2) is 7.76. The first-order valence-corrected chi connectivity index (χ1v) is 7.54. The van der Waals surface area contributed by atoms with Crippen molar-refractivity contribution >= 4 is 22.6 Å². The molecule has 1 unspecified atom stereocenters. The Morgan fingerprint density at radius 3 is 3.06 bits per heavy atom. The van der Waals surface area contributed by atoms with Gasteiger partial charge in [0.05, 0.1) is 18.4 Å². The van der Waals surface area contributed by atoms with E-state index in [4.69, 9.17) is 15.2 Å². The van der Waals surface area contributed by atoms with Gasteiger partial charge in [-0.2, -0.15) is 5.10 Å². The molecular formula is C12H21N3O2S. The fourth-order valence-corrected chi connectivity index (χ4v) is 2.60. The van der Waals surface area contributed by atoms with Gasteiger partial charge in [-0.05, 0) is 32.1 Å². The van der Waals surface area contributed by atoms with Crippen LogP contribution in [0, 0.1) is 0 Å². The molecule has 1 atom stereocenters. The fourth-order valence-electron chi connectivity index (χ4n) is 1.98. The zero-order chi connectivity index (χ0) is 12.6. The molecular weight excluding hydrogens is 250 g/mol. The van der Waals surface area contributed by atoms with Crippen LogP contribution in [0.3, 0.4) is 0 Å². The van der Waals surface area contributed by atoms with Crippen molar-refractivity contribution in [2.75, 3.05) is 25.6 Å². The van der Waals surface area contributed by atoms with Gasteiger partial charge in [0.2, 0.25) is 0 Å². The summed E-state index contributed by atoms with van der Waals surface area (Å²) >= 11 is 1.56. The Kier molecular flexibility index (Phi) is 5.96. The lowest BCUT2D eigenvalue weighted by Gasteiger charge is -2.11. The number of hydrogen-bond acceptors (Lipinski definition) is 6. The van der Waals surface area contributed by atoms with Gasteiger partial charge in [-0.3, -0.25) is 0 Å². The van der Waals surface area contributed by atoms with Gasteiger partial charge in [0.25, 0.3) is 0 Å². The standard InChI is InChI=1S/C12H21N3O2S/c13-12-15-14-10(9-18-12)4-1-2-6-16-8-11-5-3-7-17-11/h11H,1-9H2,(H2,13,15). The third-order valence-corrected chi connectivity index (χ3v) is 3.86. The van der Waals surface area contributed by atoms with Crippen LogP contribution >= 0.6 is 11.8 Å². The van der Waals surface area contributed by atoms with E-state index in [0.29, 0.717) is 11.3 Å². The SMILES string of the molecule is NC1=NN=C(CCCCOCC2CCCO2)CS1. The van der Waals surface area contributed by atoms with Crippen LogP contribution in [0.2, 0.25) is 0 Å². The third kappa shape index (κ3) is 4.96. The van der Waals surface area contributed by atoms with Gasteiger partial charge in [0.15, 0.2) is 5.17 Å². The van der Waals surface area contributed by atoms with Crippen LogP contribution < -0.4 is 5.73 Å². The molecule has 0 aromatic rings. The smallest absolute Gasteiger partial charge is 0.180 e. The first-order valence-electron chi connectivity index (χ1n) is 6.55.